The molecule has 0 saturated heterocycles. The molecule has 0 bridgehead atoms. The van der Waals surface area contributed by atoms with Gasteiger partial charge >= 0.3 is 5.97 Å². The van der Waals surface area contributed by atoms with Crippen molar-refractivity contribution in [3.8, 4) is 11.5 Å². The Balaban J connectivity index is 1.41. The Morgan fingerprint density at radius 1 is 1.00 bits per heavy atom. The molecule has 3 N–H and O–H groups in total. The second kappa shape index (κ2) is 11.5. The first kappa shape index (κ1) is 27.0. The number of benzene rings is 2. The van der Waals surface area contributed by atoms with Gasteiger partial charge in [-0.15, -0.1) is 0 Å². The van der Waals surface area contributed by atoms with Crippen LogP contribution in [0.5, 0.6) is 11.5 Å². The topological polar surface area (TPSA) is 99.1 Å². The lowest BCUT2D eigenvalue weighted by molar-refractivity contribution is -0.151. The molecule has 2 aliphatic rings. The third kappa shape index (κ3) is 6.45. The van der Waals surface area contributed by atoms with E-state index in [4.69, 9.17) is 4.74 Å². The van der Waals surface area contributed by atoms with Crippen molar-refractivity contribution in [3.63, 3.8) is 0 Å². The summed E-state index contributed by atoms with van der Waals surface area (Å²) in [6, 6.07) is 8.64. The van der Waals surface area contributed by atoms with Crippen molar-refractivity contribution in [1.82, 2.24) is 10.2 Å². The third-order valence-electron chi connectivity index (χ3n) is 7.41. The Morgan fingerprint density at radius 3 is 2.38 bits per heavy atom. The number of amides is 1. The maximum Gasteiger partial charge on any atom is 0.323 e. The monoisotopic (exact) mass is 508 g/mol. The summed E-state index contributed by atoms with van der Waals surface area (Å²) in [6.07, 6.45) is 4.94. The lowest BCUT2D eigenvalue weighted by Gasteiger charge is -2.22. The first-order chi connectivity index (χ1) is 17.6. The van der Waals surface area contributed by atoms with Crippen molar-refractivity contribution in [2.75, 3.05) is 0 Å². The first-order valence-electron chi connectivity index (χ1n) is 13.5. The average molecular weight is 509 g/mol. The highest BCUT2D eigenvalue weighted by atomic mass is 16.5. The quantitative estimate of drug-likeness (QED) is 0.394. The number of rotatable bonds is 9. The number of ether oxygens (including phenoxy) is 1. The zero-order valence-electron chi connectivity index (χ0n) is 22.4. The third-order valence-corrected chi connectivity index (χ3v) is 7.41. The van der Waals surface area contributed by atoms with E-state index in [0.717, 1.165) is 42.4 Å². The van der Waals surface area contributed by atoms with Gasteiger partial charge in [0.15, 0.2) is 0 Å². The van der Waals surface area contributed by atoms with E-state index in [0.29, 0.717) is 37.5 Å². The molecule has 0 aromatic heterocycles. The SMILES string of the molecule is CC(C)C[C@H](NCc1ccc2c(c1)CN(C(=O)c1cc(C(C)C)c(O)cc1O)C2)C(=O)OC1CCCC1. The van der Waals surface area contributed by atoms with E-state index >= 15 is 0 Å². The molecule has 0 radical (unpaired) electrons. The van der Waals surface area contributed by atoms with E-state index in [2.05, 4.69) is 25.2 Å². The van der Waals surface area contributed by atoms with Gasteiger partial charge < -0.3 is 25.2 Å². The van der Waals surface area contributed by atoms with E-state index in [1.165, 1.54) is 6.07 Å². The summed E-state index contributed by atoms with van der Waals surface area (Å²) < 4.78 is 5.78. The zero-order chi connectivity index (χ0) is 26.7. The fourth-order valence-corrected chi connectivity index (χ4v) is 5.33. The molecule has 7 heteroatoms. The molecular formula is C30H40N2O5. The normalized spacial score (nSPS) is 16.4. The highest BCUT2D eigenvalue weighted by Crippen LogP contribution is 2.34. The van der Waals surface area contributed by atoms with Crippen LogP contribution in [-0.4, -0.2) is 39.1 Å². The van der Waals surface area contributed by atoms with Crippen LogP contribution in [-0.2, 0) is 29.2 Å². The second-order valence-electron chi connectivity index (χ2n) is 11.3. The number of nitrogens with zero attached hydrogens (tertiary/aromatic N) is 1. The standard InChI is InChI=1S/C30H40N2O5/c1-18(2)11-26(30(36)37-23-7-5-6-8-23)31-15-20-9-10-21-16-32(17-22(21)12-20)29(35)25-13-24(19(3)4)27(33)14-28(25)34/h9-10,12-14,18-19,23,26,31,33-34H,5-8,11,15-17H2,1-4H3/t26-/m0/s1. The van der Waals surface area contributed by atoms with Crippen molar-refractivity contribution in [2.45, 2.75) is 97.5 Å². The largest absolute Gasteiger partial charge is 0.508 e. The van der Waals surface area contributed by atoms with Crippen LogP contribution in [0.2, 0.25) is 0 Å². The highest BCUT2D eigenvalue weighted by Gasteiger charge is 2.29. The van der Waals surface area contributed by atoms with Crippen molar-refractivity contribution in [3.05, 3.63) is 58.1 Å². The number of hydrogen-bond donors (Lipinski definition) is 3. The zero-order valence-corrected chi connectivity index (χ0v) is 22.4. The van der Waals surface area contributed by atoms with Crippen LogP contribution in [0.15, 0.2) is 30.3 Å². The lowest BCUT2D eigenvalue weighted by Crippen LogP contribution is -2.40. The summed E-state index contributed by atoms with van der Waals surface area (Å²) in [4.78, 5) is 27.8. The van der Waals surface area contributed by atoms with E-state index in [-0.39, 0.29) is 47.0 Å². The molecule has 1 saturated carbocycles. The van der Waals surface area contributed by atoms with Gasteiger partial charge in [-0.3, -0.25) is 9.59 Å². The average Bonchev–Trinajstić information content (AvgIpc) is 3.50. The minimum Gasteiger partial charge on any atom is -0.508 e. The second-order valence-corrected chi connectivity index (χ2v) is 11.3. The summed E-state index contributed by atoms with van der Waals surface area (Å²) in [5.41, 5.74) is 4.01. The molecule has 4 rings (SSSR count). The van der Waals surface area contributed by atoms with E-state index in [1.807, 2.05) is 26.0 Å². The van der Waals surface area contributed by atoms with E-state index in [9.17, 15) is 19.8 Å². The van der Waals surface area contributed by atoms with Crippen LogP contribution >= 0.6 is 0 Å². The smallest absolute Gasteiger partial charge is 0.323 e. The number of hydrogen-bond acceptors (Lipinski definition) is 6. The summed E-state index contributed by atoms with van der Waals surface area (Å²) in [7, 11) is 0. The molecule has 1 amide bonds. The van der Waals surface area contributed by atoms with Crippen LogP contribution in [0.1, 0.15) is 98.3 Å². The van der Waals surface area contributed by atoms with Crippen molar-refractivity contribution >= 4 is 11.9 Å². The number of esters is 1. The van der Waals surface area contributed by atoms with Gasteiger partial charge in [0.25, 0.3) is 5.91 Å². The van der Waals surface area contributed by atoms with Gasteiger partial charge in [-0.05, 0) is 72.3 Å². The molecule has 2 aromatic rings. The van der Waals surface area contributed by atoms with Crippen molar-refractivity contribution < 1.29 is 24.5 Å². The lowest BCUT2D eigenvalue weighted by atomic mass is 9.98. The summed E-state index contributed by atoms with van der Waals surface area (Å²) in [6.45, 7) is 9.52. The molecular weight excluding hydrogens is 468 g/mol. The first-order valence-corrected chi connectivity index (χ1v) is 13.5. The van der Waals surface area contributed by atoms with Crippen molar-refractivity contribution in [1.29, 1.82) is 0 Å². The number of phenols is 2. The van der Waals surface area contributed by atoms with Crippen molar-refractivity contribution in [2.24, 2.45) is 5.92 Å². The predicted octanol–water partition coefficient (Wildman–Crippen LogP) is 5.37. The van der Waals surface area contributed by atoms with Gasteiger partial charge in [-0.25, -0.2) is 0 Å². The van der Waals surface area contributed by atoms with Gasteiger partial charge in [0.05, 0.1) is 5.56 Å². The van der Waals surface area contributed by atoms with Crippen LogP contribution in [0.4, 0.5) is 0 Å². The van der Waals surface area contributed by atoms with E-state index < -0.39 is 0 Å². The molecule has 200 valence electrons. The molecule has 2 aromatic carbocycles. The highest BCUT2D eigenvalue weighted by molar-refractivity contribution is 5.97. The van der Waals surface area contributed by atoms with Gasteiger partial charge in [0.1, 0.15) is 23.6 Å². The summed E-state index contributed by atoms with van der Waals surface area (Å²) in [5, 5.41) is 23.9. The van der Waals surface area contributed by atoms with Crippen LogP contribution in [0, 0.1) is 5.92 Å². The number of carbonyl (C=O) groups is 2. The molecule has 1 atom stereocenters. The molecule has 7 nitrogen and oxygen atoms in total. The fourth-order valence-electron chi connectivity index (χ4n) is 5.33. The number of phenolic OH excluding ortho intramolecular Hbond substituents is 2. The Hall–Kier alpha value is -3.06. The Bertz CT molecular complexity index is 1140. The minimum absolute atomic E-state index is 0.00575. The molecule has 1 aliphatic carbocycles. The number of carbonyl (C=O) groups excluding carboxylic acids is 2. The molecule has 37 heavy (non-hydrogen) atoms. The molecule has 0 spiro atoms. The van der Waals surface area contributed by atoms with Crippen LogP contribution < -0.4 is 5.32 Å². The molecule has 1 heterocycles. The van der Waals surface area contributed by atoms with Gasteiger partial charge in [-0.1, -0.05) is 45.9 Å². The maximum atomic E-state index is 13.3. The Kier molecular flexibility index (Phi) is 8.42. The van der Waals surface area contributed by atoms with E-state index in [1.54, 1.807) is 11.0 Å². The number of fused-ring (bicyclic) bond motifs is 1. The molecule has 1 fully saturated rings. The predicted molar refractivity (Wildman–Crippen MR) is 142 cm³/mol. The minimum atomic E-state index is -0.348. The number of nitrogens with one attached hydrogen (secondary N) is 1. The summed E-state index contributed by atoms with van der Waals surface area (Å²) >= 11 is 0. The van der Waals surface area contributed by atoms with Gasteiger partial charge in [0, 0.05) is 25.7 Å². The number of aromatic hydroxyl groups is 2. The van der Waals surface area contributed by atoms with Crippen LogP contribution in [0.3, 0.4) is 0 Å². The maximum absolute atomic E-state index is 13.3. The fraction of sp³-hybridized carbons (Fsp3) is 0.533. The molecule has 0 unspecified atom stereocenters. The Morgan fingerprint density at radius 2 is 1.70 bits per heavy atom. The Labute approximate surface area is 219 Å². The molecule has 1 aliphatic heterocycles. The van der Waals surface area contributed by atoms with Crippen LogP contribution in [0.25, 0.3) is 0 Å². The van der Waals surface area contributed by atoms with Gasteiger partial charge in [0.2, 0.25) is 0 Å². The summed E-state index contributed by atoms with van der Waals surface area (Å²) in [5.74, 6) is -0.258. The van der Waals surface area contributed by atoms with Gasteiger partial charge in [-0.2, -0.15) is 0 Å².